The van der Waals surface area contributed by atoms with Crippen LogP contribution < -0.4 is 15.4 Å². The Kier molecular flexibility index (Phi) is 5.13. The fourth-order valence-corrected chi connectivity index (χ4v) is 3.94. The van der Waals surface area contributed by atoms with Gasteiger partial charge in [-0.1, -0.05) is 23.5 Å². The highest BCUT2D eigenvalue weighted by Gasteiger charge is 2.14. The minimum absolute atomic E-state index is 0.0654. The average molecular weight is 418 g/mol. The van der Waals surface area contributed by atoms with E-state index in [1.807, 2.05) is 24.3 Å². The number of rotatable bonds is 6. The van der Waals surface area contributed by atoms with Gasteiger partial charge in [0.05, 0.1) is 10.2 Å². The number of amides is 1. The van der Waals surface area contributed by atoms with Crippen LogP contribution in [0.4, 0.5) is 24.7 Å². The van der Waals surface area contributed by atoms with E-state index >= 15 is 0 Å². The van der Waals surface area contributed by atoms with Crippen LogP contribution in [-0.4, -0.2) is 22.5 Å². The van der Waals surface area contributed by atoms with E-state index < -0.39 is 6.61 Å². The summed E-state index contributed by atoms with van der Waals surface area (Å²) in [7, 11) is 0. The quantitative estimate of drug-likeness (QED) is 0.441. The van der Waals surface area contributed by atoms with Crippen molar-refractivity contribution in [1.82, 2.24) is 9.97 Å². The molecule has 0 unspecified atom stereocenters. The molecule has 2 heterocycles. The predicted molar refractivity (Wildman–Crippen MR) is 106 cm³/mol. The van der Waals surface area contributed by atoms with Gasteiger partial charge in [0.15, 0.2) is 10.3 Å². The molecule has 0 saturated heterocycles. The molecule has 0 aliphatic carbocycles. The number of halogens is 2. The highest BCUT2D eigenvalue weighted by molar-refractivity contribution is 7.22. The Morgan fingerprint density at radius 1 is 1.04 bits per heavy atom. The third-order valence-electron chi connectivity index (χ3n) is 3.58. The van der Waals surface area contributed by atoms with E-state index in [0.717, 1.165) is 10.2 Å². The summed E-state index contributed by atoms with van der Waals surface area (Å²) in [6.07, 6.45) is 0. The number of thiazole rings is 2. The lowest BCUT2D eigenvalue weighted by Crippen LogP contribution is -2.12. The van der Waals surface area contributed by atoms with Crippen molar-refractivity contribution in [2.45, 2.75) is 6.61 Å². The summed E-state index contributed by atoms with van der Waals surface area (Å²) in [5, 5.41) is 8.39. The number of anilines is 3. The van der Waals surface area contributed by atoms with Gasteiger partial charge < -0.3 is 10.1 Å². The van der Waals surface area contributed by atoms with Gasteiger partial charge in [-0.05, 0) is 36.4 Å². The third-order valence-corrected chi connectivity index (χ3v) is 5.29. The molecule has 0 aliphatic rings. The van der Waals surface area contributed by atoms with Crippen LogP contribution in [0, 0.1) is 0 Å². The molecule has 0 atom stereocenters. The topological polar surface area (TPSA) is 76.1 Å². The molecule has 1 amide bonds. The molecule has 2 aromatic carbocycles. The van der Waals surface area contributed by atoms with Crippen molar-refractivity contribution in [2.75, 3.05) is 10.6 Å². The summed E-state index contributed by atoms with van der Waals surface area (Å²) >= 11 is 2.64. The van der Waals surface area contributed by atoms with Crippen LogP contribution >= 0.6 is 22.7 Å². The van der Waals surface area contributed by atoms with Gasteiger partial charge in [-0.2, -0.15) is 8.78 Å². The van der Waals surface area contributed by atoms with Crippen LogP contribution in [0.25, 0.3) is 10.2 Å². The Labute approximate surface area is 165 Å². The molecule has 2 N–H and O–H groups in total. The Hall–Kier alpha value is -3.11. The molecule has 0 aliphatic heterocycles. The van der Waals surface area contributed by atoms with Gasteiger partial charge >= 0.3 is 6.61 Å². The van der Waals surface area contributed by atoms with E-state index in [2.05, 4.69) is 25.3 Å². The number of nitrogens with one attached hydrogen (secondary N) is 2. The van der Waals surface area contributed by atoms with Crippen molar-refractivity contribution >= 4 is 54.7 Å². The highest BCUT2D eigenvalue weighted by atomic mass is 32.1. The Bertz CT molecular complexity index is 1080. The van der Waals surface area contributed by atoms with Crippen molar-refractivity contribution in [3.63, 3.8) is 0 Å². The molecule has 4 rings (SSSR count). The van der Waals surface area contributed by atoms with E-state index in [9.17, 15) is 13.6 Å². The van der Waals surface area contributed by atoms with Crippen molar-refractivity contribution in [3.8, 4) is 5.75 Å². The van der Waals surface area contributed by atoms with Crippen LogP contribution in [0.3, 0.4) is 0 Å². The number of hydrogen-bond acceptors (Lipinski definition) is 7. The number of carbonyl (C=O) groups is 1. The number of fused-ring (bicyclic) bond motifs is 1. The zero-order chi connectivity index (χ0) is 19.5. The third kappa shape index (κ3) is 4.24. The molecule has 0 saturated carbocycles. The van der Waals surface area contributed by atoms with E-state index in [4.69, 9.17) is 0 Å². The summed E-state index contributed by atoms with van der Waals surface area (Å²) < 4.78 is 29.6. The van der Waals surface area contributed by atoms with Crippen molar-refractivity contribution in [3.05, 3.63) is 59.6 Å². The van der Waals surface area contributed by atoms with E-state index in [1.165, 1.54) is 34.8 Å². The minimum atomic E-state index is -2.87. The first-order valence-corrected chi connectivity index (χ1v) is 9.71. The normalized spacial score (nSPS) is 11.0. The first-order chi connectivity index (χ1) is 13.6. The SMILES string of the molecule is O=C(Nc1nc2ccccc2s1)c1csc(Nc2ccc(OC(F)F)cc2)n1. The van der Waals surface area contributed by atoms with Crippen LogP contribution in [-0.2, 0) is 0 Å². The number of para-hydroxylation sites is 1. The van der Waals surface area contributed by atoms with E-state index in [0.29, 0.717) is 16.0 Å². The molecule has 4 aromatic rings. The highest BCUT2D eigenvalue weighted by Crippen LogP contribution is 2.27. The molecule has 0 radical (unpaired) electrons. The second-order valence-electron chi connectivity index (χ2n) is 5.51. The van der Waals surface area contributed by atoms with Gasteiger partial charge in [-0.15, -0.1) is 11.3 Å². The van der Waals surface area contributed by atoms with Gasteiger partial charge in [-0.3, -0.25) is 10.1 Å². The molecule has 0 bridgehead atoms. The lowest BCUT2D eigenvalue weighted by atomic mass is 10.3. The standard InChI is InChI=1S/C18H12F2N4O2S2/c19-16(20)26-11-7-5-10(6-8-11)21-17-23-13(9-27-17)15(25)24-18-22-12-3-1-2-4-14(12)28-18/h1-9,16H,(H,21,23)(H,22,24,25). The minimum Gasteiger partial charge on any atom is -0.435 e. The maximum absolute atomic E-state index is 12.4. The van der Waals surface area contributed by atoms with Crippen LogP contribution in [0.2, 0.25) is 0 Å². The summed E-state index contributed by atoms with van der Waals surface area (Å²) in [5.41, 5.74) is 1.71. The largest absolute Gasteiger partial charge is 0.435 e. The van der Waals surface area contributed by atoms with Gasteiger partial charge in [0, 0.05) is 11.1 Å². The zero-order valence-electron chi connectivity index (χ0n) is 14.1. The summed E-state index contributed by atoms with van der Waals surface area (Å²) in [6, 6.07) is 13.6. The van der Waals surface area contributed by atoms with Gasteiger partial charge in [0.1, 0.15) is 11.4 Å². The fraction of sp³-hybridized carbons (Fsp3) is 0.0556. The molecule has 28 heavy (non-hydrogen) atoms. The molecule has 0 fully saturated rings. The number of ether oxygens (including phenoxy) is 1. The monoisotopic (exact) mass is 418 g/mol. The lowest BCUT2D eigenvalue weighted by molar-refractivity contribution is -0.0498. The number of benzene rings is 2. The smallest absolute Gasteiger partial charge is 0.387 e. The Balaban J connectivity index is 1.41. The maximum atomic E-state index is 12.4. The first kappa shape index (κ1) is 18.3. The van der Waals surface area contributed by atoms with Crippen LogP contribution in [0.1, 0.15) is 10.5 Å². The number of aromatic nitrogens is 2. The molecule has 10 heteroatoms. The second kappa shape index (κ2) is 7.87. The number of nitrogens with zero attached hydrogens (tertiary/aromatic N) is 2. The van der Waals surface area contributed by atoms with Gasteiger partial charge in [-0.25, -0.2) is 9.97 Å². The van der Waals surface area contributed by atoms with E-state index in [-0.39, 0.29) is 17.4 Å². The molecular formula is C18H12F2N4O2S2. The average Bonchev–Trinajstić information content (AvgIpc) is 3.29. The Morgan fingerprint density at radius 3 is 2.57 bits per heavy atom. The lowest BCUT2D eigenvalue weighted by Gasteiger charge is -2.06. The Morgan fingerprint density at radius 2 is 1.82 bits per heavy atom. The fourth-order valence-electron chi connectivity index (χ4n) is 2.37. The van der Waals surface area contributed by atoms with Crippen molar-refractivity contribution in [1.29, 1.82) is 0 Å². The van der Waals surface area contributed by atoms with Crippen molar-refractivity contribution < 1.29 is 18.3 Å². The first-order valence-electron chi connectivity index (χ1n) is 8.01. The number of alkyl halides is 2. The molecule has 2 aromatic heterocycles. The summed E-state index contributed by atoms with van der Waals surface area (Å²) in [5.74, 6) is -0.292. The molecule has 0 spiro atoms. The van der Waals surface area contributed by atoms with Crippen LogP contribution in [0.15, 0.2) is 53.9 Å². The number of carbonyl (C=O) groups excluding carboxylic acids is 1. The summed E-state index contributed by atoms with van der Waals surface area (Å²) in [6.45, 7) is -2.87. The van der Waals surface area contributed by atoms with Crippen molar-refractivity contribution in [2.24, 2.45) is 0 Å². The summed E-state index contributed by atoms with van der Waals surface area (Å²) in [4.78, 5) is 21.0. The second-order valence-corrected chi connectivity index (χ2v) is 7.40. The van der Waals surface area contributed by atoms with Gasteiger partial charge in [0.25, 0.3) is 5.91 Å². The molecule has 142 valence electrons. The zero-order valence-corrected chi connectivity index (χ0v) is 15.7. The number of hydrogen-bond donors (Lipinski definition) is 2. The maximum Gasteiger partial charge on any atom is 0.387 e. The van der Waals surface area contributed by atoms with E-state index in [1.54, 1.807) is 17.5 Å². The molecule has 6 nitrogen and oxygen atoms in total. The van der Waals surface area contributed by atoms with Gasteiger partial charge in [0.2, 0.25) is 0 Å². The molecular weight excluding hydrogens is 406 g/mol. The van der Waals surface area contributed by atoms with Crippen LogP contribution in [0.5, 0.6) is 5.75 Å². The predicted octanol–water partition coefficient (Wildman–Crippen LogP) is 5.35.